The van der Waals surface area contributed by atoms with Crippen LogP contribution in [0.1, 0.15) is 15.9 Å². The molecule has 2 aromatic rings. The maximum atomic E-state index is 12.5. The van der Waals surface area contributed by atoms with Gasteiger partial charge in [0.2, 0.25) is 0 Å². The van der Waals surface area contributed by atoms with Crippen molar-refractivity contribution in [3.05, 3.63) is 59.7 Å². The third-order valence-corrected chi connectivity index (χ3v) is 3.79. The number of carbonyl (C=O) groups is 1. The minimum atomic E-state index is -0.146. The topological polar surface area (TPSA) is 48.0 Å². The number of allylic oxidation sites excluding steroid dienone is 1. The van der Waals surface area contributed by atoms with Crippen molar-refractivity contribution < 1.29 is 19.0 Å². The SMILES string of the molecule is COc1ccc(OC)c(C(=O)/C=C/c2ccc(OCCN(C)C)cc2)c1. The maximum absolute atomic E-state index is 12.5. The molecule has 0 aliphatic rings. The van der Waals surface area contributed by atoms with E-state index in [0.29, 0.717) is 23.7 Å². The summed E-state index contributed by atoms with van der Waals surface area (Å²) in [5.74, 6) is 1.80. The standard InChI is InChI=1S/C21H25NO4/c1-22(2)13-14-26-17-8-5-16(6-9-17)7-11-20(23)19-15-18(24-3)10-12-21(19)25-4/h5-12,15H,13-14H2,1-4H3/b11-7+. The summed E-state index contributed by atoms with van der Waals surface area (Å²) in [6.45, 7) is 1.49. The summed E-state index contributed by atoms with van der Waals surface area (Å²) in [4.78, 5) is 14.6. The van der Waals surface area contributed by atoms with E-state index in [0.717, 1.165) is 17.9 Å². The van der Waals surface area contributed by atoms with Gasteiger partial charge in [-0.25, -0.2) is 0 Å². The number of rotatable bonds is 9. The number of hydrogen-bond donors (Lipinski definition) is 0. The van der Waals surface area contributed by atoms with Crippen molar-refractivity contribution in [2.75, 3.05) is 41.5 Å². The number of carbonyl (C=O) groups excluding carboxylic acids is 1. The quantitative estimate of drug-likeness (QED) is 0.509. The van der Waals surface area contributed by atoms with E-state index in [1.54, 1.807) is 31.4 Å². The van der Waals surface area contributed by atoms with Gasteiger partial charge in [0.05, 0.1) is 19.8 Å². The second-order valence-electron chi connectivity index (χ2n) is 5.98. The first-order valence-corrected chi connectivity index (χ1v) is 8.35. The van der Waals surface area contributed by atoms with Crippen LogP contribution in [0.3, 0.4) is 0 Å². The van der Waals surface area contributed by atoms with Crippen molar-refractivity contribution in [1.82, 2.24) is 4.90 Å². The van der Waals surface area contributed by atoms with E-state index in [9.17, 15) is 4.79 Å². The molecule has 0 heterocycles. The van der Waals surface area contributed by atoms with Gasteiger partial charge in [0.25, 0.3) is 0 Å². The molecule has 5 nitrogen and oxygen atoms in total. The molecule has 2 aromatic carbocycles. The average Bonchev–Trinajstić information content (AvgIpc) is 2.66. The molecule has 0 aliphatic heterocycles. The first-order valence-electron chi connectivity index (χ1n) is 8.35. The number of hydrogen-bond acceptors (Lipinski definition) is 5. The summed E-state index contributed by atoms with van der Waals surface area (Å²) in [5.41, 5.74) is 1.38. The fourth-order valence-electron chi connectivity index (χ4n) is 2.29. The highest BCUT2D eigenvalue weighted by Gasteiger charge is 2.11. The number of ether oxygens (including phenoxy) is 3. The van der Waals surface area contributed by atoms with Crippen LogP contribution >= 0.6 is 0 Å². The van der Waals surface area contributed by atoms with Crippen LogP contribution in [0.4, 0.5) is 0 Å². The molecule has 0 saturated heterocycles. The lowest BCUT2D eigenvalue weighted by atomic mass is 10.1. The molecule has 26 heavy (non-hydrogen) atoms. The van der Waals surface area contributed by atoms with Crippen molar-refractivity contribution in [1.29, 1.82) is 0 Å². The van der Waals surface area contributed by atoms with Crippen molar-refractivity contribution in [3.63, 3.8) is 0 Å². The molecule has 0 spiro atoms. The Morgan fingerprint density at radius 3 is 2.31 bits per heavy atom. The van der Waals surface area contributed by atoms with Crippen LogP contribution in [0.15, 0.2) is 48.5 Å². The molecule has 2 rings (SSSR count). The lowest BCUT2D eigenvalue weighted by molar-refractivity contribution is 0.104. The van der Waals surface area contributed by atoms with Gasteiger partial charge in [0.15, 0.2) is 5.78 Å². The minimum absolute atomic E-state index is 0.146. The third kappa shape index (κ3) is 5.63. The van der Waals surface area contributed by atoms with Gasteiger partial charge in [-0.05, 0) is 56.1 Å². The Morgan fingerprint density at radius 1 is 1.00 bits per heavy atom. The molecular weight excluding hydrogens is 330 g/mol. The molecule has 0 unspecified atom stereocenters. The molecule has 0 N–H and O–H groups in total. The predicted molar refractivity (Wildman–Crippen MR) is 103 cm³/mol. The predicted octanol–water partition coefficient (Wildman–Crippen LogP) is 3.54. The smallest absolute Gasteiger partial charge is 0.189 e. The number of likely N-dealkylation sites (N-methyl/N-ethyl adjacent to an activating group) is 1. The normalized spacial score (nSPS) is 11.0. The van der Waals surface area contributed by atoms with Crippen LogP contribution in [-0.4, -0.2) is 52.1 Å². The Labute approximate surface area is 154 Å². The molecule has 0 bridgehead atoms. The Bertz CT molecular complexity index is 751. The van der Waals surface area contributed by atoms with Gasteiger partial charge >= 0.3 is 0 Å². The zero-order valence-electron chi connectivity index (χ0n) is 15.7. The number of benzene rings is 2. The third-order valence-electron chi connectivity index (χ3n) is 3.79. The van der Waals surface area contributed by atoms with Crippen LogP contribution in [-0.2, 0) is 0 Å². The van der Waals surface area contributed by atoms with Crippen LogP contribution in [0, 0.1) is 0 Å². The van der Waals surface area contributed by atoms with Crippen LogP contribution in [0.2, 0.25) is 0 Å². The average molecular weight is 355 g/mol. The number of nitrogens with zero attached hydrogens (tertiary/aromatic N) is 1. The molecule has 138 valence electrons. The summed E-state index contributed by atoms with van der Waals surface area (Å²) in [6, 6.07) is 12.8. The molecule has 0 aromatic heterocycles. The minimum Gasteiger partial charge on any atom is -0.497 e. The number of methoxy groups -OCH3 is 2. The Morgan fingerprint density at radius 2 is 1.69 bits per heavy atom. The first-order chi connectivity index (χ1) is 12.5. The lowest BCUT2D eigenvalue weighted by Gasteiger charge is -2.11. The van der Waals surface area contributed by atoms with Gasteiger partial charge in [-0.15, -0.1) is 0 Å². The van der Waals surface area contributed by atoms with Gasteiger partial charge in [0, 0.05) is 6.54 Å². The fourth-order valence-corrected chi connectivity index (χ4v) is 2.29. The molecule has 0 aliphatic carbocycles. The second kappa shape index (κ2) is 9.63. The van der Waals surface area contributed by atoms with Gasteiger partial charge < -0.3 is 19.1 Å². The summed E-state index contributed by atoms with van der Waals surface area (Å²) in [6.07, 6.45) is 3.30. The highest BCUT2D eigenvalue weighted by atomic mass is 16.5. The summed E-state index contributed by atoms with van der Waals surface area (Å²) in [5, 5.41) is 0. The van der Waals surface area contributed by atoms with Crippen molar-refractivity contribution in [2.45, 2.75) is 0 Å². The Kier molecular flexibility index (Phi) is 7.24. The first kappa shape index (κ1) is 19.5. The molecule has 0 fully saturated rings. The zero-order chi connectivity index (χ0) is 18.9. The van der Waals surface area contributed by atoms with E-state index in [4.69, 9.17) is 14.2 Å². The molecule has 0 radical (unpaired) electrons. The van der Waals surface area contributed by atoms with Crippen molar-refractivity contribution in [2.24, 2.45) is 0 Å². The van der Waals surface area contributed by atoms with E-state index < -0.39 is 0 Å². The van der Waals surface area contributed by atoms with E-state index >= 15 is 0 Å². The van der Waals surface area contributed by atoms with E-state index in [2.05, 4.69) is 4.90 Å². The summed E-state index contributed by atoms with van der Waals surface area (Å²) >= 11 is 0. The van der Waals surface area contributed by atoms with E-state index in [-0.39, 0.29) is 5.78 Å². The molecule has 0 atom stereocenters. The van der Waals surface area contributed by atoms with Crippen LogP contribution in [0.25, 0.3) is 6.08 Å². The van der Waals surface area contributed by atoms with E-state index in [1.807, 2.05) is 38.4 Å². The van der Waals surface area contributed by atoms with Crippen molar-refractivity contribution in [3.8, 4) is 17.2 Å². The maximum Gasteiger partial charge on any atom is 0.189 e. The number of ketones is 1. The monoisotopic (exact) mass is 355 g/mol. The van der Waals surface area contributed by atoms with Crippen LogP contribution < -0.4 is 14.2 Å². The summed E-state index contributed by atoms with van der Waals surface area (Å²) in [7, 11) is 7.11. The van der Waals surface area contributed by atoms with E-state index in [1.165, 1.54) is 13.2 Å². The van der Waals surface area contributed by atoms with Gasteiger partial charge in [-0.1, -0.05) is 18.2 Å². The Balaban J connectivity index is 2.04. The van der Waals surface area contributed by atoms with Gasteiger partial charge in [0.1, 0.15) is 23.9 Å². The highest BCUT2D eigenvalue weighted by Crippen LogP contribution is 2.25. The summed E-state index contributed by atoms with van der Waals surface area (Å²) < 4.78 is 16.1. The molecular formula is C21H25NO4. The molecule has 0 saturated carbocycles. The molecule has 0 amide bonds. The highest BCUT2D eigenvalue weighted by molar-refractivity contribution is 6.08. The second-order valence-corrected chi connectivity index (χ2v) is 5.98. The fraction of sp³-hybridized carbons (Fsp3) is 0.286. The van der Waals surface area contributed by atoms with Gasteiger partial charge in [-0.2, -0.15) is 0 Å². The van der Waals surface area contributed by atoms with Gasteiger partial charge in [-0.3, -0.25) is 4.79 Å². The molecule has 5 heteroatoms. The Hall–Kier alpha value is -2.79. The van der Waals surface area contributed by atoms with Crippen molar-refractivity contribution >= 4 is 11.9 Å². The zero-order valence-corrected chi connectivity index (χ0v) is 15.7. The lowest BCUT2D eigenvalue weighted by Crippen LogP contribution is -2.19. The largest absolute Gasteiger partial charge is 0.497 e. The van der Waals surface area contributed by atoms with Crippen LogP contribution in [0.5, 0.6) is 17.2 Å².